The third-order valence-corrected chi connectivity index (χ3v) is 6.18. The van der Waals surface area contributed by atoms with Crippen molar-refractivity contribution in [2.24, 2.45) is 0 Å². The second kappa shape index (κ2) is 10.3. The van der Waals surface area contributed by atoms with Crippen molar-refractivity contribution in [3.8, 4) is 18.0 Å². The minimum atomic E-state index is -0.105. The maximum atomic E-state index is 12.7. The number of aryl methyl sites for hydroxylation is 1. The molecule has 1 saturated heterocycles. The Hall–Kier alpha value is -3.35. The first-order chi connectivity index (χ1) is 15.6. The average molecular weight is 448 g/mol. The zero-order valence-corrected chi connectivity index (χ0v) is 18.8. The number of nitrogens with one attached hydrogen (secondary N) is 1. The van der Waals surface area contributed by atoms with Gasteiger partial charge in [-0.1, -0.05) is 47.5 Å². The number of hydrogen-bond acceptors (Lipinski definition) is 7. The second-order valence-corrected chi connectivity index (χ2v) is 8.47. The molecule has 1 amide bonds. The first-order valence-electron chi connectivity index (χ1n) is 10.4. The number of thioether (sulfide) groups is 1. The van der Waals surface area contributed by atoms with Gasteiger partial charge in [0.15, 0.2) is 0 Å². The molecule has 0 aliphatic carbocycles. The van der Waals surface area contributed by atoms with Crippen LogP contribution in [0.2, 0.25) is 0 Å². The van der Waals surface area contributed by atoms with Crippen molar-refractivity contribution in [2.75, 3.05) is 48.7 Å². The van der Waals surface area contributed by atoms with E-state index in [1.165, 1.54) is 11.8 Å². The molecular formula is C23H25N7OS. The third kappa shape index (κ3) is 5.28. The summed E-state index contributed by atoms with van der Waals surface area (Å²) in [6.07, 6.45) is 5.43. The number of aromatic nitrogens is 4. The molecule has 1 aliphatic rings. The molecule has 8 nitrogen and oxygen atoms in total. The molecule has 164 valence electrons. The van der Waals surface area contributed by atoms with E-state index >= 15 is 0 Å². The summed E-state index contributed by atoms with van der Waals surface area (Å²) in [7, 11) is 0. The van der Waals surface area contributed by atoms with Gasteiger partial charge >= 0.3 is 0 Å². The monoisotopic (exact) mass is 447 g/mol. The van der Waals surface area contributed by atoms with E-state index in [-0.39, 0.29) is 11.7 Å². The van der Waals surface area contributed by atoms with Crippen LogP contribution in [-0.4, -0.2) is 69.5 Å². The Bertz CT molecular complexity index is 1100. The van der Waals surface area contributed by atoms with Crippen molar-refractivity contribution in [3.63, 3.8) is 0 Å². The van der Waals surface area contributed by atoms with Crippen molar-refractivity contribution in [3.05, 3.63) is 54.1 Å². The van der Waals surface area contributed by atoms with Gasteiger partial charge in [-0.15, -0.1) is 11.5 Å². The van der Waals surface area contributed by atoms with E-state index in [1.54, 1.807) is 4.68 Å². The summed E-state index contributed by atoms with van der Waals surface area (Å²) < 4.78 is 1.64. The van der Waals surface area contributed by atoms with Crippen LogP contribution in [-0.2, 0) is 4.79 Å². The highest BCUT2D eigenvalue weighted by molar-refractivity contribution is 7.99. The lowest BCUT2D eigenvalue weighted by atomic mass is 10.2. The van der Waals surface area contributed by atoms with E-state index < -0.39 is 0 Å². The summed E-state index contributed by atoms with van der Waals surface area (Å²) in [5.41, 5.74) is 3.85. The summed E-state index contributed by atoms with van der Waals surface area (Å²) in [4.78, 5) is 17.3. The minimum absolute atomic E-state index is 0.105. The third-order valence-electron chi connectivity index (χ3n) is 5.26. The Kier molecular flexibility index (Phi) is 7.04. The largest absolute Gasteiger partial charge is 0.367 e. The number of para-hydroxylation sites is 2. The molecule has 2 heterocycles. The van der Waals surface area contributed by atoms with Crippen LogP contribution in [0.15, 0.2) is 53.7 Å². The van der Waals surface area contributed by atoms with E-state index in [1.807, 2.05) is 55.5 Å². The van der Waals surface area contributed by atoms with Crippen LogP contribution in [0.5, 0.6) is 0 Å². The molecule has 1 aromatic heterocycles. The fraction of sp³-hybridized carbons (Fsp3) is 0.304. The highest BCUT2D eigenvalue weighted by Gasteiger charge is 2.19. The van der Waals surface area contributed by atoms with Gasteiger partial charge in [-0.3, -0.25) is 9.69 Å². The predicted molar refractivity (Wildman–Crippen MR) is 127 cm³/mol. The molecule has 0 radical (unpaired) electrons. The predicted octanol–water partition coefficient (Wildman–Crippen LogP) is 2.46. The van der Waals surface area contributed by atoms with Gasteiger partial charge < -0.3 is 10.2 Å². The quantitative estimate of drug-likeness (QED) is 0.440. The highest BCUT2D eigenvalue weighted by atomic mass is 32.2. The Labute approximate surface area is 192 Å². The first kappa shape index (κ1) is 21.9. The fourth-order valence-electron chi connectivity index (χ4n) is 3.56. The van der Waals surface area contributed by atoms with Crippen molar-refractivity contribution < 1.29 is 4.79 Å². The molecule has 0 atom stereocenters. The second-order valence-electron chi connectivity index (χ2n) is 7.53. The summed E-state index contributed by atoms with van der Waals surface area (Å²) in [6, 6.07) is 15.8. The van der Waals surface area contributed by atoms with Crippen LogP contribution in [0.4, 0.5) is 11.4 Å². The fourth-order valence-corrected chi connectivity index (χ4v) is 4.26. The summed E-state index contributed by atoms with van der Waals surface area (Å²) >= 11 is 1.30. The zero-order valence-electron chi connectivity index (χ0n) is 17.9. The van der Waals surface area contributed by atoms with Crippen LogP contribution < -0.4 is 10.2 Å². The minimum Gasteiger partial charge on any atom is -0.367 e. The SMILES string of the molecule is C#CCN1CCN(c2ccccc2NC(=O)CSc2nnnn2-c2ccc(C)cc2)CC1. The van der Waals surface area contributed by atoms with Crippen LogP contribution in [0.3, 0.4) is 0 Å². The highest BCUT2D eigenvalue weighted by Crippen LogP contribution is 2.27. The molecule has 32 heavy (non-hydrogen) atoms. The molecule has 0 spiro atoms. The molecule has 0 unspecified atom stereocenters. The van der Waals surface area contributed by atoms with E-state index in [2.05, 4.69) is 36.6 Å². The molecule has 1 N–H and O–H groups in total. The molecule has 0 bridgehead atoms. The maximum Gasteiger partial charge on any atom is 0.234 e. The molecule has 3 aromatic rings. The topological polar surface area (TPSA) is 79.2 Å². The van der Waals surface area contributed by atoms with Gasteiger partial charge in [0.2, 0.25) is 11.1 Å². The lowest BCUT2D eigenvalue weighted by Crippen LogP contribution is -2.46. The van der Waals surface area contributed by atoms with E-state index in [9.17, 15) is 4.79 Å². The number of hydrogen-bond donors (Lipinski definition) is 1. The molecule has 1 fully saturated rings. The molecular weight excluding hydrogens is 422 g/mol. The Balaban J connectivity index is 1.37. The molecule has 1 aliphatic heterocycles. The smallest absolute Gasteiger partial charge is 0.234 e. The normalized spacial score (nSPS) is 14.2. The first-order valence-corrected chi connectivity index (χ1v) is 11.4. The van der Waals surface area contributed by atoms with E-state index in [0.717, 1.165) is 48.8 Å². The van der Waals surface area contributed by atoms with Crippen LogP contribution in [0.25, 0.3) is 5.69 Å². The number of nitrogens with zero attached hydrogens (tertiary/aromatic N) is 6. The van der Waals surface area contributed by atoms with E-state index in [0.29, 0.717) is 11.7 Å². The van der Waals surface area contributed by atoms with Gasteiger partial charge in [0.25, 0.3) is 0 Å². The maximum absolute atomic E-state index is 12.7. The number of amides is 1. The number of tetrazole rings is 1. The molecule has 9 heteroatoms. The van der Waals surface area contributed by atoms with Crippen molar-refractivity contribution in [1.82, 2.24) is 25.1 Å². The summed E-state index contributed by atoms with van der Waals surface area (Å²) in [5, 5.41) is 15.5. The molecule has 4 rings (SSSR count). The average Bonchev–Trinajstić information content (AvgIpc) is 3.28. The van der Waals surface area contributed by atoms with Crippen LogP contribution in [0, 0.1) is 19.3 Å². The van der Waals surface area contributed by atoms with E-state index in [4.69, 9.17) is 6.42 Å². The van der Waals surface area contributed by atoms with Crippen LogP contribution >= 0.6 is 11.8 Å². The lowest BCUT2D eigenvalue weighted by Gasteiger charge is -2.36. The number of benzene rings is 2. The van der Waals surface area contributed by atoms with Crippen molar-refractivity contribution in [2.45, 2.75) is 12.1 Å². The van der Waals surface area contributed by atoms with Crippen molar-refractivity contribution >= 4 is 29.0 Å². The Morgan fingerprint density at radius 2 is 1.88 bits per heavy atom. The number of rotatable bonds is 7. The number of terminal acetylenes is 1. The lowest BCUT2D eigenvalue weighted by molar-refractivity contribution is -0.113. The van der Waals surface area contributed by atoms with Gasteiger partial charge in [-0.2, -0.15) is 4.68 Å². The van der Waals surface area contributed by atoms with Crippen LogP contribution in [0.1, 0.15) is 5.56 Å². The Morgan fingerprint density at radius 1 is 1.12 bits per heavy atom. The number of anilines is 2. The van der Waals surface area contributed by atoms with Gasteiger partial charge in [-0.25, -0.2) is 0 Å². The summed E-state index contributed by atoms with van der Waals surface area (Å²) in [6.45, 7) is 6.25. The zero-order chi connectivity index (χ0) is 22.3. The van der Waals surface area contributed by atoms with Gasteiger partial charge in [0.05, 0.1) is 29.4 Å². The Morgan fingerprint density at radius 3 is 2.62 bits per heavy atom. The number of carbonyl (C=O) groups excluding carboxylic acids is 1. The van der Waals surface area contributed by atoms with Gasteiger partial charge in [0, 0.05) is 26.2 Å². The van der Waals surface area contributed by atoms with Crippen molar-refractivity contribution in [1.29, 1.82) is 0 Å². The number of carbonyl (C=O) groups is 1. The number of piperazine rings is 1. The van der Waals surface area contributed by atoms with Gasteiger partial charge in [-0.05, 0) is 41.6 Å². The molecule has 2 aromatic carbocycles. The standard InChI is InChI=1S/C23H25N7OS/c1-3-12-28-13-15-29(16-14-28)21-7-5-4-6-20(21)24-22(31)17-32-23-25-26-27-30(23)19-10-8-18(2)9-11-19/h1,4-11H,12-17H2,2H3,(H,24,31). The van der Waals surface area contributed by atoms with Gasteiger partial charge in [0.1, 0.15) is 0 Å². The summed E-state index contributed by atoms with van der Waals surface area (Å²) in [5.74, 6) is 2.80. The molecule has 0 saturated carbocycles.